The number of benzene rings is 2. The minimum absolute atomic E-state index is 0.00540. The zero-order chi connectivity index (χ0) is 20.2. The summed E-state index contributed by atoms with van der Waals surface area (Å²) >= 11 is 7.79. The van der Waals surface area contributed by atoms with E-state index in [9.17, 15) is 4.79 Å². The lowest BCUT2D eigenvalue weighted by atomic mass is 9.97. The van der Waals surface area contributed by atoms with Crippen LogP contribution in [-0.2, 0) is 4.79 Å². The van der Waals surface area contributed by atoms with Crippen LogP contribution in [0, 0.1) is 0 Å². The number of fused-ring (bicyclic) bond motifs is 1. The van der Waals surface area contributed by atoms with E-state index in [0.717, 1.165) is 41.2 Å². The second-order valence-electron chi connectivity index (χ2n) is 6.99. The molecule has 1 saturated heterocycles. The molecule has 0 radical (unpaired) electrons. The third-order valence-electron chi connectivity index (χ3n) is 5.06. The second kappa shape index (κ2) is 9.01. The minimum atomic E-state index is 0.00540. The van der Waals surface area contributed by atoms with Crippen LogP contribution in [0.2, 0.25) is 5.02 Å². The summed E-state index contributed by atoms with van der Waals surface area (Å²) in [5, 5.41) is 1.84. The molecule has 1 aliphatic heterocycles. The second-order valence-corrected chi connectivity index (χ2v) is 8.49. The number of aromatic nitrogens is 1. The molecule has 0 spiro atoms. The number of likely N-dealkylation sites (tertiary alicyclic amines) is 1. The van der Waals surface area contributed by atoms with Gasteiger partial charge >= 0.3 is 0 Å². The number of thiazole rings is 1. The maximum absolute atomic E-state index is 12.6. The summed E-state index contributed by atoms with van der Waals surface area (Å²) in [4.78, 5) is 19.2. The number of piperidine rings is 1. The molecule has 2 heterocycles. The largest absolute Gasteiger partial charge is 0.490 e. The normalized spacial score (nSPS) is 14.9. The van der Waals surface area contributed by atoms with Crippen LogP contribution in [-0.4, -0.2) is 42.1 Å². The van der Waals surface area contributed by atoms with Gasteiger partial charge in [0, 0.05) is 24.0 Å². The highest BCUT2D eigenvalue weighted by molar-refractivity contribution is 7.18. The predicted octanol–water partition coefficient (Wildman–Crippen LogP) is 5.13. The third-order valence-corrected chi connectivity index (χ3v) is 6.50. The summed E-state index contributed by atoms with van der Waals surface area (Å²) in [6, 6.07) is 13.3. The van der Waals surface area contributed by atoms with Crippen molar-refractivity contribution >= 4 is 39.1 Å². The molecule has 2 aromatic carbocycles. The van der Waals surface area contributed by atoms with Crippen molar-refractivity contribution in [3.8, 4) is 11.5 Å². The van der Waals surface area contributed by atoms with Crippen molar-refractivity contribution in [1.29, 1.82) is 0 Å². The van der Waals surface area contributed by atoms with E-state index in [1.807, 2.05) is 54.3 Å². The summed E-state index contributed by atoms with van der Waals surface area (Å²) in [6.45, 7) is 3.94. The molecule has 0 bridgehead atoms. The molecular weight excluding hydrogens is 408 g/mol. The van der Waals surface area contributed by atoms with Gasteiger partial charge in [0.1, 0.15) is 0 Å². The number of para-hydroxylation sites is 2. The Kier molecular flexibility index (Phi) is 6.21. The van der Waals surface area contributed by atoms with Crippen LogP contribution in [0.4, 0.5) is 0 Å². The van der Waals surface area contributed by atoms with Crippen molar-refractivity contribution < 1.29 is 14.3 Å². The molecule has 0 unspecified atom stereocenters. The molecular formula is C22H23ClN2O3S. The quantitative estimate of drug-likeness (QED) is 0.543. The summed E-state index contributed by atoms with van der Waals surface area (Å²) in [6.07, 6.45) is 1.82. The zero-order valence-electron chi connectivity index (χ0n) is 16.3. The van der Waals surface area contributed by atoms with Crippen molar-refractivity contribution in [2.75, 3.05) is 26.3 Å². The Hall–Kier alpha value is -2.31. The van der Waals surface area contributed by atoms with Gasteiger partial charge in [0.05, 0.1) is 21.8 Å². The molecule has 5 nitrogen and oxygen atoms in total. The number of ether oxygens (including phenoxy) is 2. The standard InChI is InChI=1S/C22H23ClN2O3S/c1-2-27-18-5-3-4-6-19(18)28-14-21(26)25-11-9-15(10-12-25)22-24-17-13-16(23)7-8-20(17)29-22/h3-8,13,15H,2,9-12,14H2,1H3. The molecule has 1 aromatic heterocycles. The van der Waals surface area contributed by atoms with Gasteiger partial charge in [-0.15, -0.1) is 11.3 Å². The molecule has 0 atom stereocenters. The Labute approximate surface area is 179 Å². The molecule has 7 heteroatoms. The number of hydrogen-bond donors (Lipinski definition) is 0. The number of carbonyl (C=O) groups excluding carboxylic acids is 1. The van der Waals surface area contributed by atoms with E-state index in [2.05, 4.69) is 0 Å². The highest BCUT2D eigenvalue weighted by Crippen LogP contribution is 2.35. The maximum Gasteiger partial charge on any atom is 0.260 e. The first-order valence-corrected chi connectivity index (χ1v) is 11.0. The van der Waals surface area contributed by atoms with E-state index < -0.39 is 0 Å². The van der Waals surface area contributed by atoms with E-state index in [-0.39, 0.29) is 12.5 Å². The number of rotatable bonds is 6. The van der Waals surface area contributed by atoms with Crippen LogP contribution in [0.25, 0.3) is 10.2 Å². The Morgan fingerprint density at radius 1 is 1.17 bits per heavy atom. The number of halogens is 1. The van der Waals surface area contributed by atoms with Crippen LogP contribution in [0.1, 0.15) is 30.7 Å². The molecule has 3 aromatic rings. The minimum Gasteiger partial charge on any atom is -0.490 e. The van der Waals surface area contributed by atoms with Crippen LogP contribution in [0.3, 0.4) is 0 Å². The van der Waals surface area contributed by atoms with Crippen LogP contribution >= 0.6 is 22.9 Å². The van der Waals surface area contributed by atoms with Gasteiger partial charge < -0.3 is 14.4 Å². The summed E-state index contributed by atoms with van der Waals surface area (Å²) in [5.41, 5.74) is 0.956. The lowest BCUT2D eigenvalue weighted by molar-refractivity contribution is -0.134. The van der Waals surface area contributed by atoms with Gasteiger partial charge in [-0.3, -0.25) is 4.79 Å². The molecule has 0 aliphatic carbocycles. The van der Waals surface area contributed by atoms with Crippen LogP contribution in [0.5, 0.6) is 11.5 Å². The fraction of sp³-hybridized carbons (Fsp3) is 0.364. The van der Waals surface area contributed by atoms with Crippen molar-refractivity contribution in [2.24, 2.45) is 0 Å². The number of carbonyl (C=O) groups is 1. The molecule has 4 rings (SSSR count). The predicted molar refractivity (Wildman–Crippen MR) is 116 cm³/mol. The Bertz CT molecular complexity index is 999. The first-order valence-electron chi connectivity index (χ1n) is 9.82. The Balaban J connectivity index is 1.32. The van der Waals surface area contributed by atoms with Crippen molar-refractivity contribution in [3.05, 3.63) is 52.5 Å². The number of nitrogens with zero attached hydrogens (tertiary/aromatic N) is 2. The van der Waals surface area contributed by atoms with E-state index in [0.29, 0.717) is 29.0 Å². The first kappa shape index (κ1) is 20.0. The van der Waals surface area contributed by atoms with Gasteiger partial charge in [0.25, 0.3) is 5.91 Å². The van der Waals surface area contributed by atoms with Gasteiger partial charge in [0.2, 0.25) is 0 Å². The highest BCUT2D eigenvalue weighted by atomic mass is 35.5. The fourth-order valence-corrected chi connectivity index (χ4v) is 4.83. The maximum atomic E-state index is 12.6. The van der Waals surface area contributed by atoms with Crippen molar-refractivity contribution in [1.82, 2.24) is 9.88 Å². The molecule has 0 N–H and O–H groups in total. The average molecular weight is 431 g/mol. The fourth-order valence-electron chi connectivity index (χ4n) is 3.54. The van der Waals surface area contributed by atoms with E-state index in [4.69, 9.17) is 26.1 Å². The van der Waals surface area contributed by atoms with Gasteiger partial charge in [0.15, 0.2) is 18.1 Å². The van der Waals surface area contributed by atoms with Crippen LogP contribution in [0.15, 0.2) is 42.5 Å². The zero-order valence-corrected chi connectivity index (χ0v) is 17.8. The van der Waals surface area contributed by atoms with Crippen molar-refractivity contribution in [2.45, 2.75) is 25.7 Å². The van der Waals surface area contributed by atoms with E-state index >= 15 is 0 Å². The lowest BCUT2D eigenvalue weighted by Gasteiger charge is -2.31. The van der Waals surface area contributed by atoms with Gasteiger partial charge in [-0.1, -0.05) is 23.7 Å². The molecule has 29 heavy (non-hydrogen) atoms. The lowest BCUT2D eigenvalue weighted by Crippen LogP contribution is -2.40. The summed E-state index contributed by atoms with van der Waals surface area (Å²) < 4.78 is 12.4. The molecule has 1 fully saturated rings. The van der Waals surface area contributed by atoms with Gasteiger partial charge in [-0.05, 0) is 50.1 Å². The molecule has 0 saturated carbocycles. The van der Waals surface area contributed by atoms with Gasteiger partial charge in [-0.25, -0.2) is 4.98 Å². The topological polar surface area (TPSA) is 51.7 Å². The summed E-state index contributed by atoms with van der Waals surface area (Å²) in [7, 11) is 0. The van der Waals surface area contributed by atoms with E-state index in [1.54, 1.807) is 11.3 Å². The molecule has 1 aliphatic rings. The smallest absolute Gasteiger partial charge is 0.260 e. The number of hydrogen-bond acceptors (Lipinski definition) is 5. The Morgan fingerprint density at radius 2 is 1.90 bits per heavy atom. The average Bonchev–Trinajstić information content (AvgIpc) is 3.16. The SMILES string of the molecule is CCOc1ccccc1OCC(=O)N1CCC(c2nc3cc(Cl)ccc3s2)CC1. The highest BCUT2D eigenvalue weighted by Gasteiger charge is 2.26. The summed E-state index contributed by atoms with van der Waals surface area (Å²) in [5.74, 6) is 1.66. The van der Waals surface area contributed by atoms with Crippen molar-refractivity contribution in [3.63, 3.8) is 0 Å². The number of amides is 1. The van der Waals surface area contributed by atoms with Gasteiger partial charge in [-0.2, -0.15) is 0 Å². The van der Waals surface area contributed by atoms with E-state index in [1.165, 1.54) is 0 Å². The first-order chi connectivity index (χ1) is 14.1. The third kappa shape index (κ3) is 4.65. The monoisotopic (exact) mass is 430 g/mol. The van der Waals surface area contributed by atoms with Crippen LogP contribution < -0.4 is 9.47 Å². The molecule has 152 valence electrons. The molecule has 1 amide bonds. The Morgan fingerprint density at radius 3 is 2.62 bits per heavy atom.